The molecular weight excluding hydrogens is 329 g/mol. The lowest BCUT2D eigenvalue weighted by Crippen LogP contribution is -2.25. The van der Waals surface area contributed by atoms with Crippen molar-refractivity contribution in [1.29, 1.82) is 0 Å². The van der Waals surface area contributed by atoms with Gasteiger partial charge in [-0.3, -0.25) is 14.6 Å². The van der Waals surface area contributed by atoms with E-state index in [4.69, 9.17) is 0 Å². The first-order chi connectivity index (χ1) is 10.8. The molecular formula is C15H13F3N2O2S. The Morgan fingerprint density at radius 2 is 1.96 bits per heavy atom. The molecule has 2 heterocycles. The van der Waals surface area contributed by atoms with Crippen LogP contribution in [0, 0.1) is 0 Å². The third-order valence-electron chi connectivity index (χ3n) is 2.98. The second-order valence-electron chi connectivity index (χ2n) is 4.76. The van der Waals surface area contributed by atoms with Gasteiger partial charge in [-0.1, -0.05) is 0 Å². The molecule has 8 heteroatoms. The number of amides is 1. The fourth-order valence-electron chi connectivity index (χ4n) is 1.80. The summed E-state index contributed by atoms with van der Waals surface area (Å²) in [5.41, 5.74) is -0.974. The van der Waals surface area contributed by atoms with Gasteiger partial charge in [-0.2, -0.15) is 13.2 Å². The van der Waals surface area contributed by atoms with E-state index in [0.29, 0.717) is 17.8 Å². The number of Topliss-reactive ketones (excluding diaryl/α,β-unsaturated/α-hetero) is 1. The highest BCUT2D eigenvalue weighted by Crippen LogP contribution is 2.27. The van der Waals surface area contributed by atoms with Gasteiger partial charge in [0.1, 0.15) is 5.69 Å². The monoisotopic (exact) mass is 342 g/mol. The Kier molecular flexibility index (Phi) is 5.15. The Morgan fingerprint density at radius 3 is 2.48 bits per heavy atom. The maximum atomic E-state index is 12.4. The van der Waals surface area contributed by atoms with Crippen LogP contribution >= 0.6 is 11.3 Å². The Labute approximate surface area is 134 Å². The van der Waals surface area contributed by atoms with Crippen LogP contribution in [0.5, 0.6) is 0 Å². The lowest BCUT2D eigenvalue weighted by atomic mass is 10.2. The summed E-state index contributed by atoms with van der Waals surface area (Å²) in [6, 6.07) is 5.40. The molecule has 0 bridgehead atoms. The highest BCUT2D eigenvalue weighted by Gasteiger charge is 2.32. The minimum absolute atomic E-state index is 0.0129. The molecule has 0 fully saturated rings. The van der Waals surface area contributed by atoms with Crippen molar-refractivity contribution in [3.05, 3.63) is 51.5 Å². The summed E-state index contributed by atoms with van der Waals surface area (Å²) in [5, 5.41) is 2.61. The van der Waals surface area contributed by atoms with Gasteiger partial charge in [0.2, 0.25) is 0 Å². The predicted octanol–water partition coefficient (Wildman–Crippen LogP) is 3.34. The standard InChI is InChI=1S/C15H13F3N2O2S/c1-9(21)12-4-3-11(23-12)6-7-19-14(22)10-2-5-13(20-8-10)15(16,17)18/h2-5,8H,6-7H2,1H3,(H,19,22). The molecule has 0 aliphatic heterocycles. The highest BCUT2D eigenvalue weighted by atomic mass is 32.1. The molecule has 0 aliphatic rings. The number of nitrogens with one attached hydrogen (secondary N) is 1. The van der Waals surface area contributed by atoms with E-state index in [2.05, 4.69) is 10.3 Å². The van der Waals surface area contributed by atoms with Gasteiger partial charge in [-0.05, 0) is 37.6 Å². The third kappa shape index (κ3) is 4.62. The fraction of sp³-hybridized carbons (Fsp3) is 0.267. The second-order valence-corrected chi connectivity index (χ2v) is 5.93. The Hall–Kier alpha value is -2.22. The number of rotatable bonds is 5. The number of halogens is 3. The van der Waals surface area contributed by atoms with Crippen molar-refractivity contribution < 1.29 is 22.8 Å². The van der Waals surface area contributed by atoms with Crippen molar-refractivity contribution >= 4 is 23.0 Å². The number of ketones is 1. The number of hydrogen-bond acceptors (Lipinski definition) is 4. The number of alkyl halides is 3. The van der Waals surface area contributed by atoms with Crippen molar-refractivity contribution in [2.24, 2.45) is 0 Å². The summed E-state index contributed by atoms with van der Waals surface area (Å²) in [5.74, 6) is -0.504. The van der Waals surface area contributed by atoms with Crippen LogP contribution in [0.4, 0.5) is 13.2 Å². The molecule has 23 heavy (non-hydrogen) atoms. The number of hydrogen-bond donors (Lipinski definition) is 1. The van der Waals surface area contributed by atoms with E-state index in [1.165, 1.54) is 18.3 Å². The number of nitrogens with zero attached hydrogens (tertiary/aromatic N) is 1. The normalized spacial score (nSPS) is 11.3. The number of carbonyl (C=O) groups excluding carboxylic acids is 2. The first kappa shape index (κ1) is 17.1. The SMILES string of the molecule is CC(=O)c1ccc(CCNC(=O)c2ccc(C(F)(F)F)nc2)s1. The van der Waals surface area contributed by atoms with Crippen molar-refractivity contribution in [2.75, 3.05) is 6.54 Å². The van der Waals surface area contributed by atoms with Crippen molar-refractivity contribution in [3.63, 3.8) is 0 Å². The van der Waals surface area contributed by atoms with Gasteiger partial charge in [0.05, 0.1) is 10.4 Å². The minimum atomic E-state index is -4.53. The summed E-state index contributed by atoms with van der Waals surface area (Å²) in [6.45, 7) is 1.80. The van der Waals surface area contributed by atoms with E-state index in [1.807, 2.05) is 6.07 Å². The third-order valence-corrected chi connectivity index (χ3v) is 4.23. The Bertz CT molecular complexity index is 708. The molecule has 0 atom stereocenters. The maximum Gasteiger partial charge on any atom is 0.433 e. The maximum absolute atomic E-state index is 12.4. The highest BCUT2D eigenvalue weighted by molar-refractivity contribution is 7.14. The van der Waals surface area contributed by atoms with Crippen molar-refractivity contribution in [3.8, 4) is 0 Å². The molecule has 1 amide bonds. The van der Waals surface area contributed by atoms with Crippen LogP contribution in [0.3, 0.4) is 0 Å². The number of thiophene rings is 1. The fourth-order valence-corrected chi connectivity index (χ4v) is 2.70. The number of aromatic nitrogens is 1. The lowest BCUT2D eigenvalue weighted by Gasteiger charge is -2.07. The van der Waals surface area contributed by atoms with Crippen LogP contribution in [0.15, 0.2) is 30.5 Å². The largest absolute Gasteiger partial charge is 0.433 e. The van der Waals surface area contributed by atoms with Crippen LogP contribution in [-0.4, -0.2) is 23.2 Å². The quantitative estimate of drug-likeness (QED) is 0.848. The number of carbonyl (C=O) groups is 2. The van der Waals surface area contributed by atoms with Crippen LogP contribution in [0.25, 0.3) is 0 Å². The van der Waals surface area contributed by atoms with E-state index in [-0.39, 0.29) is 11.3 Å². The summed E-state index contributed by atoms with van der Waals surface area (Å²) in [7, 11) is 0. The molecule has 1 N–H and O–H groups in total. The summed E-state index contributed by atoms with van der Waals surface area (Å²) in [4.78, 5) is 27.8. The zero-order chi connectivity index (χ0) is 17.0. The van der Waals surface area contributed by atoms with E-state index >= 15 is 0 Å². The molecule has 2 aromatic heterocycles. The molecule has 0 saturated carbocycles. The zero-order valence-electron chi connectivity index (χ0n) is 12.1. The molecule has 0 saturated heterocycles. The van der Waals surface area contributed by atoms with Crippen LogP contribution in [0.2, 0.25) is 0 Å². The first-order valence-electron chi connectivity index (χ1n) is 6.68. The molecule has 122 valence electrons. The Balaban J connectivity index is 1.88. The van der Waals surface area contributed by atoms with E-state index in [9.17, 15) is 22.8 Å². The van der Waals surface area contributed by atoms with Gasteiger partial charge in [-0.25, -0.2) is 0 Å². The van der Waals surface area contributed by atoms with E-state index in [0.717, 1.165) is 23.2 Å². The second kappa shape index (κ2) is 6.91. The van der Waals surface area contributed by atoms with Gasteiger partial charge in [0.15, 0.2) is 5.78 Å². The predicted molar refractivity (Wildman–Crippen MR) is 79.6 cm³/mol. The van der Waals surface area contributed by atoms with Crippen LogP contribution in [-0.2, 0) is 12.6 Å². The first-order valence-corrected chi connectivity index (χ1v) is 7.50. The molecule has 0 aliphatic carbocycles. The average molecular weight is 342 g/mol. The minimum Gasteiger partial charge on any atom is -0.352 e. The smallest absolute Gasteiger partial charge is 0.352 e. The lowest BCUT2D eigenvalue weighted by molar-refractivity contribution is -0.141. The van der Waals surface area contributed by atoms with Gasteiger partial charge in [0, 0.05) is 17.6 Å². The summed E-state index contributed by atoms with van der Waals surface area (Å²) >= 11 is 1.35. The van der Waals surface area contributed by atoms with Crippen LogP contribution < -0.4 is 5.32 Å². The molecule has 0 radical (unpaired) electrons. The molecule has 0 aromatic carbocycles. The summed E-state index contributed by atoms with van der Waals surface area (Å²) in [6.07, 6.45) is -3.09. The molecule has 4 nitrogen and oxygen atoms in total. The average Bonchev–Trinajstić information content (AvgIpc) is 2.95. The summed E-state index contributed by atoms with van der Waals surface area (Å²) < 4.78 is 37.2. The molecule has 2 rings (SSSR count). The van der Waals surface area contributed by atoms with Crippen LogP contribution in [0.1, 0.15) is 37.5 Å². The molecule has 0 unspecified atom stereocenters. The van der Waals surface area contributed by atoms with E-state index < -0.39 is 17.8 Å². The topological polar surface area (TPSA) is 59.1 Å². The van der Waals surface area contributed by atoms with E-state index in [1.54, 1.807) is 6.07 Å². The van der Waals surface area contributed by atoms with Crippen molar-refractivity contribution in [1.82, 2.24) is 10.3 Å². The van der Waals surface area contributed by atoms with Gasteiger partial charge < -0.3 is 5.32 Å². The zero-order valence-corrected chi connectivity index (χ0v) is 12.9. The Morgan fingerprint density at radius 1 is 1.22 bits per heavy atom. The molecule has 0 spiro atoms. The van der Waals surface area contributed by atoms with Gasteiger partial charge in [0.25, 0.3) is 5.91 Å². The van der Waals surface area contributed by atoms with Gasteiger partial charge in [-0.15, -0.1) is 11.3 Å². The van der Waals surface area contributed by atoms with Crippen molar-refractivity contribution in [2.45, 2.75) is 19.5 Å². The molecule has 2 aromatic rings. The number of pyridine rings is 1. The van der Waals surface area contributed by atoms with Gasteiger partial charge >= 0.3 is 6.18 Å².